The molecule has 2 rings (SSSR count). The van der Waals surface area contributed by atoms with E-state index in [1.807, 2.05) is 0 Å². The molecular formula is C21H36N2O6Si. The minimum absolute atomic E-state index is 0.0337. The molecule has 9 heteroatoms. The van der Waals surface area contributed by atoms with Crippen LogP contribution in [0, 0.1) is 6.92 Å². The smallest absolute Gasteiger partial charge is 0.330 e. The number of nitrogens with zero attached hydrogens (tertiary/aromatic N) is 1. The van der Waals surface area contributed by atoms with Crippen molar-refractivity contribution < 1.29 is 18.7 Å². The highest BCUT2D eigenvalue weighted by Gasteiger charge is 2.45. The van der Waals surface area contributed by atoms with Gasteiger partial charge in [-0.05, 0) is 44.8 Å². The molecule has 2 heterocycles. The molecule has 1 aliphatic rings. The van der Waals surface area contributed by atoms with Gasteiger partial charge in [0.2, 0.25) is 0 Å². The molecule has 0 bridgehead atoms. The Morgan fingerprint density at radius 3 is 2.60 bits per heavy atom. The minimum Gasteiger partial charge on any atom is -0.466 e. The van der Waals surface area contributed by atoms with Crippen molar-refractivity contribution in [1.29, 1.82) is 0 Å². The van der Waals surface area contributed by atoms with Gasteiger partial charge in [-0.1, -0.05) is 20.8 Å². The van der Waals surface area contributed by atoms with Crippen LogP contribution in [0.2, 0.25) is 18.1 Å². The Labute approximate surface area is 179 Å². The summed E-state index contributed by atoms with van der Waals surface area (Å²) < 4.78 is 19.3. The van der Waals surface area contributed by atoms with E-state index in [0.29, 0.717) is 37.9 Å². The van der Waals surface area contributed by atoms with Crippen molar-refractivity contribution in [3.63, 3.8) is 0 Å². The zero-order valence-corrected chi connectivity index (χ0v) is 20.2. The molecule has 0 radical (unpaired) electrons. The number of H-pyrrole nitrogens is 1. The summed E-state index contributed by atoms with van der Waals surface area (Å²) in [5, 5.41) is 0.0337. The number of aromatic nitrogens is 2. The van der Waals surface area contributed by atoms with E-state index in [1.54, 1.807) is 13.8 Å². The number of esters is 1. The van der Waals surface area contributed by atoms with Crippen molar-refractivity contribution >= 4 is 14.3 Å². The van der Waals surface area contributed by atoms with E-state index in [0.717, 1.165) is 0 Å². The lowest BCUT2D eigenvalue weighted by atomic mass is 10.1. The monoisotopic (exact) mass is 440 g/mol. The van der Waals surface area contributed by atoms with E-state index in [2.05, 4.69) is 38.8 Å². The maximum atomic E-state index is 12.3. The lowest BCUT2D eigenvalue weighted by Gasteiger charge is -2.39. The lowest BCUT2D eigenvalue weighted by molar-refractivity contribution is -0.143. The van der Waals surface area contributed by atoms with Gasteiger partial charge in [0.1, 0.15) is 6.23 Å². The normalized spacial score (nSPS) is 22.3. The Hall–Kier alpha value is -1.71. The zero-order valence-electron chi connectivity index (χ0n) is 19.2. The van der Waals surface area contributed by atoms with E-state index >= 15 is 0 Å². The number of carbonyl (C=O) groups is 1. The highest BCUT2D eigenvalue weighted by Crippen LogP contribution is 2.41. The number of hydrogen-bond acceptors (Lipinski definition) is 6. The van der Waals surface area contributed by atoms with Gasteiger partial charge in [-0.25, -0.2) is 4.79 Å². The van der Waals surface area contributed by atoms with E-state index in [4.69, 9.17) is 13.9 Å². The van der Waals surface area contributed by atoms with Crippen molar-refractivity contribution in [2.75, 3.05) is 6.61 Å². The molecular weight excluding hydrogens is 404 g/mol. The number of rotatable bonds is 8. The fourth-order valence-corrected chi connectivity index (χ4v) is 4.65. The van der Waals surface area contributed by atoms with Crippen LogP contribution in [0.15, 0.2) is 15.8 Å². The maximum Gasteiger partial charge on any atom is 0.330 e. The number of aryl methyl sites for hydroxylation is 1. The highest BCUT2D eigenvalue weighted by atomic mass is 28.4. The largest absolute Gasteiger partial charge is 0.466 e. The van der Waals surface area contributed by atoms with Crippen LogP contribution in [0.1, 0.15) is 65.2 Å². The summed E-state index contributed by atoms with van der Waals surface area (Å²) in [6, 6.07) is 0. The highest BCUT2D eigenvalue weighted by molar-refractivity contribution is 6.74. The molecule has 30 heavy (non-hydrogen) atoms. The minimum atomic E-state index is -2.07. The quantitative estimate of drug-likeness (QED) is 0.492. The number of nitrogens with one attached hydrogen (secondary N) is 1. The molecule has 0 unspecified atom stereocenters. The average Bonchev–Trinajstić information content (AvgIpc) is 2.99. The topological polar surface area (TPSA) is 99.6 Å². The van der Waals surface area contributed by atoms with Crippen LogP contribution in [0.3, 0.4) is 0 Å². The standard InChI is InChI=1S/C21H36N2O6Si/c1-8-27-18(24)11-9-10-15-16(29-30(6,7)21(3,4)5)12-17(28-15)23-13-14(2)19(25)22-20(23)26/h13,15-17H,8-12H2,1-7H3,(H,22,25,26)/t15-,16+,17-/m1/s1. The summed E-state index contributed by atoms with van der Waals surface area (Å²) in [6.07, 6.45) is 2.69. The summed E-state index contributed by atoms with van der Waals surface area (Å²) >= 11 is 0. The first-order valence-corrected chi connectivity index (χ1v) is 13.6. The Kier molecular flexibility index (Phi) is 7.87. The number of ether oxygens (including phenoxy) is 2. The van der Waals surface area contributed by atoms with Crippen LogP contribution in [-0.4, -0.2) is 42.7 Å². The van der Waals surface area contributed by atoms with Gasteiger partial charge in [-0.2, -0.15) is 0 Å². The molecule has 0 saturated carbocycles. The van der Waals surface area contributed by atoms with Crippen molar-refractivity contribution in [2.45, 2.75) is 96.9 Å². The third-order valence-electron chi connectivity index (χ3n) is 6.06. The number of hydrogen-bond donors (Lipinski definition) is 1. The van der Waals surface area contributed by atoms with Crippen molar-refractivity contribution in [1.82, 2.24) is 9.55 Å². The molecule has 3 atom stereocenters. The average molecular weight is 441 g/mol. The first-order valence-electron chi connectivity index (χ1n) is 10.7. The summed E-state index contributed by atoms with van der Waals surface area (Å²) in [7, 11) is -2.07. The number of carbonyl (C=O) groups excluding carboxylic acids is 1. The molecule has 0 spiro atoms. The second-order valence-corrected chi connectivity index (χ2v) is 14.2. The van der Waals surface area contributed by atoms with Crippen LogP contribution in [0.4, 0.5) is 0 Å². The summed E-state index contributed by atoms with van der Waals surface area (Å²) in [5.41, 5.74) is -0.436. The van der Waals surface area contributed by atoms with Crippen LogP contribution < -0.4 is 11.2 Å². The molecule has 1 N–H and O–H groups in total. The molecule has 8 nitrogen and oxygen atoms in total. The van der Waals surface area contributed by atoms with E-state index in [-0.39, 0.29) is 23.2 Å². The van der Waals surface area contributed by atoms with E-state index in [1.165, 1.54) is 10.8 Å². The third-order valence-corrected chi connectivity index (χ3v) is 10.6. The SMILES string of the molecule is CCOC(=O)CCC[C@H]1O[C@@H](n2cc(C)c(=O)[nH]c2=O)C[C@@H]1O[Si](C)(C)C(C)(C)C. The third kappa shape index (κ3) is 5.92. The first-order chi connectivity index (χ1) is 13.9. The predicted octanol–water partition coefficient (Wildman–Crippen LogP) is 3.26. The summed E-state index contributed by atoms with van der Waals surface area (Å²) in [5.74, 6) is -0.221. The van der Waals surface area contributed by atoms with Gasteiger partial charge in [0, 0.05) is 24.6 Å². The van der Waals surface area contributed by atoms with Crippen LogP contribution in [0.25, 0.3) is 0 Å². The fraction of sp³-hybridized carbons (Fsp3) is 0.762. The first kappa shape index (κ1) is 24.6. The van der Waals surface area contributed by atoms with Gasteiger partial charge >= 0.3 is 11.7 Å². The second-order valence-electron chi connectivity index (χ2n) is 9.46. The predicted molar refractivity (Wildman–Crippen MR) is 117 cm³/mol. The molecule has 170 valence electrons. The van der Waals surface area contributed by atoms with Crippen LogP contribution in [-0.2, 0) is 18.7 Å². The van der Waals surface area contributed by atoms with Crippen LogP contribution >= 0.6 is 0 Å². The van der Waals surface area contributed by atoms with Crippen molar-refractivity contribution in [3.05, 3.63) is 32.6 Å². The fourth-order valence-electron chi connectivity index (χ4n) is 3.29. The molecule has 0 aromatic carbocycles. The molecule has 1 aliphatic heterocycles. The van der Waals surface area contributed by atoms with Crippen molar-refractivity contribution in [2.24, 2.45) is 0 Å². The van der Waals surface area contributed by atoms with Gasteiger partial charge in [-0.15, -0.1) is 0 Å². The number of aromatic amines is 1. The molecule has 1 fully saturated rings. The van der Waals surface area contributed by atoms with Gasteiger partial charge in [0.15, 0.2) is 8.32 Å². The maximum absolute atomic E-state index is 12.3. The van der Waals surface area contributed by atoms with E-state index < -0.39 is 25.8 Å². The molecule has 1 aromatic rings. The molecule has 0 amide bonds. The zero-order chi connectivity index (χ0) is 22.7. The Morgan fingerprint density at radius 2 is 2.00 bits per heavy atom. The van der Waals surface area contributed by atoms with Gasteiger partial charge < -0.3 is 13.9 Å². The summed E-state index contributed by atoms with van der Waals surface area (Å²) in [6.45, 7) is 14.7. The molecule has 1 aromatic heterocycles. The van der Waals surface area contributed by atoms with Gasteiger partial charge in [0.25, 0.3) is 5.56 Å². The van der Waals surface area contributed by atoms with Crippen LogP contribution in [0.5, 0.6) is 0 Å². The van der Waals surface area contributed by atoms with Gasteiger partial charge in [0.05, 0.1) is 18.8 Å². The Morgan fingerprint density at radius 1 is 1.33 bits per heavy atom. The Bertz CT molecular complexity index is 854. The summed E-state index contributed by atoms with van der Waals surface area (Å²) in [4.78, 5) is 38.1. The molecule has 0 aliphatic carbocycles. The molecule has 1 saturated heterocycles. The van der Waals surface area contributed by atoms with Crippen molar-refractivity contribution in [3.8, 4) is 0 Å². The van der Waals surface area contributed by atoms with Gasteiger partial charge in [-0.3, -0.25) is 19.1 Å². The van der Waals surface area contributed by atoms with E-state index in [9.17, 15) is 14.4 Å². The Balaban J connectivity index is 2.20. The second kappa shape index (κ2) is 9.61. The lowest BCUT2D eigenvalue weighted by Crippen LogP contribution is -2.45.